The molecule has 1 aliphatic rings. The standard InChI is InChI=1S/C23H23F6NO3/c1-32-21(31)20(18-8-5-9-30-19(18)15-6-3-2-4-7-15)33-13-14-10-16(22(24,25)26)12-17(11-14)23(27,28)29/h2-4,6-7,10-12,18-20,30H,5,8-9,13H2,1H3. The van der Waals surface area contributed by atoms with Crippen molar-refractivity contribution in [1.82, 2.24) is 5.32 Å². The van der Waals surface area contributed by atoms with Crippen LogP contribution in [0, 0.1) is 5.92 Å². The van der Waals surface area contributed by atoms with Gasteiger partial charge in [-0.15, -0.1) is 0 Å². The summed E-state index contributed by atoms with van der Waals surface area (Å²) >= 11 is 0. The van der Waals surface area contributed by atoms with Crippen molar-refractivity contribution in [3.63, 3.8) is 0 Å². The van der Waals surface area contributed by atoms with Crippen LogP contribution in [0.1, 0.15) is 41.1 Å². The summed E-state index contributed by atoms with van der Waals surface area (Å²) in [5.74, 6) is -1.17. The normalized spacial score (nSPS) is 20.3. The number of hydrogen-bond donors (Lipinski definition) is 1. The molecule has 3 unspecified atom stereocenters. The lowest BCUT2D eigenvalue weighted by molar-refractivity contribution is -0.161. The average Bonchev–Trinajstić information content (AvgIpc) is 2.78. The highest BCUT2D eigenvalue weighted by Crippen LogP contribution is 2.37. The highest BCUT2D eigenvalue weighted by atomic mass is 19.4. The van der Waals surface area contributed by atoms with Gasteiger partial charge in [-0.1, -0.05) is 30.3 Å². The van der Waals surface area contributed by atoms with Gasteiger partial charge in [0, 0.05) is 12.0 Å². The molecule has 0 radical (unpaired) electrons. The Balaban J connectivity index is 1.89. The summed E-state index contributed by atoms with van der Waals surface area (Å²) in [7, 11) is 1.15. The number of halogens is 6. The first-order valence-electron chi connectivity index (χ1n) is 10.3. The molecule has 1 fully saturated rings. The molecule has 4 nitrogen and oxygen atoms in total. The molecule has 3 rings (SSSR count). The summed E-state index contributed by atoms with van der Waals surface area (Å²) in [5, 5.41) is 3.32. The zero-order valence-electron chi connectivity index (χ0n) is 17.7. The average molecular weight is 475 g/mol. The summed E-state index contributed by atoms with van der Waals surface area (Å²) < 4.78 is 89.4. The second-order valence-electron chi connectivity index (χ2n) is 7.82. The minimum absolute atomic E-state index is 0.0534. The fourth-order valence-electron chi connectivity index (χ4n) is 4.04. The van der Waals surface area contributed by atoms with Crippen LogP contribution in [-0.2, 0) is 33.2 Å². The van der Waals surface area contributed by atoms with Gasteiger partial charge in [-0.2, -0.15) is 26.3 Å². The zero-order valence-corrected chi connectivity index (χ0v) is 17.7. The Labute approximate surface area is 186 Å². The minimum atomic E-state index is -4.97. The van der Waals surface area contributed by atoms with E-state index in [9.17, 15) is 31.1 Å². The van der Waals surface area contributed by atoms with E-state index >= 15 is 0 Å². The smallest absolute Gasteiger partial charge is 0.416 e. The van der Waals surface area contributed by atoms with E-state index in [1.807, 2.05) is 30.3 Å². The Morgan fingerprint density at radius 2 is 1.64 bits per heavy atom. The highest BCUT2D eigenvalue weighted by Gasteiger charge is 2.39. The number of esters is 1. The number of alkyl halides is 6. The Hall–Kier alpha value is -2.59. The van der Waals surface area contributed by atoms with E-state index in [0.717, 1.165) is 12.7 Å². The first-order chi connectivity index (χ1) is 15.5. The Morgan fingerprint density at radius 3 is 2.18 bits per heavy atom. The molecule has 180 valence electrons. The second-order valence-corrected chi connectivity index (χ2v) is 7.82. The van der Waals surface area contributed by atoms with E-state index < -0.39 is 48.1 Å². The number of benzene rings is 2. The third-order valence-electron chi connectivity index (χ3n) is 5.56. The largest absolute Gasteiger partial charge is 0.467 e. The van der Waals surface area contributed by atoms with Crippen LogP contribution in [0.5, 0.6) is 0 Å². The predicted molar refractivity (Wildman–Crippen MR) is 107 cm³/mol. The van der Waals surface area contributed by atoms with Crippen molar-refractivity contribution in [2.24, 2.45) is 5.92 Å². The van der Waals surface area contributed by atoms with Gasteiger partial charge in [0.05, 0.1) is 24.8 Å². The van der Waals surface area contributed by atoms with Crippen molar-refractivity contribution >= 4 is 5.97 Å². The number of methoxy groups -OCH3 is 1. The molecule has 1 N–H and O–H groups in total. The van der Waals surface area contributed by atoms with Crippen LogP contribution in [0.3, 0.4) is 0 Å². The van der Waals surface area contributed by atoms with Crippen molar-refractivity contribution in [1.29, 1.82) is 0 Å². The van der Waals surface area contributed by atoms with Crippen LogP contribution in [0.25, 0.3) is 0 Å². The van der Waals surface area contributed by atoms with Crippen LogP contribution in [0.4, 0.5) is 26.3 Å². The summed E-state index contributed by atoms with van der Waals surface area (Å²) in [6.07, 6.45) is -9.85. The quantitative estimate of drug-likeness (QED) is 0.441. The third kappa shape index (κ3) is 6.26. The van der Waals surface area contributed by atoms with Crippen molar-refractivity contribution in [3.8, 4) is 0 Å². The Morgan fingerprint density at radius 1 is 1.03 bits per heavy atom. The van der Waals surface area contributed by atoms with Gasteiger partial charge in [0.25, 0.3) is 0 Å². The zero-order chi connectivity index (χ0) is 24.2. The fraction of sp³-hybridized carbons (Fsp3) is 0.435. The summed E-state index contributed by atoms with van der Waals surface area (Å²) in [4.78, 5) is 12.5. The number of carbonyl (C=O) groups is 1. The minimum Gasteiger partial charge on any atom is -0.467 e. The maximum Gasteiger partial charge on any atom is 0.416 e. The van der Waals surface area contributed by atoms with Crippen LogP contribution < -0.4 is 5.32 Å². The van der Waals surface area contributed by atoms with Crippen molar-refractivity contribution in [2.45, 2.75) is 43.9 Å². The Bertz CT molecular complexity index is 913. The van der Waals surface area contributed by atoms with E-state index in [4.69, 9.17) is 9.47 Å². The third-order valence-corrected chi connectivity index (χ3v) is 5.56. The van der Waals surface area contributed by atoms with Crippen LogP contribution in [0.15, 0.2) is 48.5 Å². The first kappa shape index (κ1) is 25.0. The first-order valence-corrected chi connectivity index (χ1v) is 10.3. The molecule has 0 aromatic heterocycles. The SMILES string of the molecule is COC(=O)C(OCc1cc(C(F)(F)F)cc(C(F)(F)F)c1)C1CCCNC1c1ccccc1. The van der Waals surface area contributed by atoms with Crippen LogP contribution in [0.2, 0.25) is 0 Å². The number of ether oxygens (including phenoxy) is 2. The van der Waals surface area contributed by atoms with Crippen molar-refractivity contribution in [3.05, 3.63) is 70.8 Å². The molecule has 2 aromatic rings. The molecule has 1 saturated heterocycles. The molecule has 10 heteroatoms. The fourth-order valence-corrected chi connectivity index (χ4v) is 4.04. The van der Waals surface area contributed by atoms with Gasteiger partial charge >= 0.3 is 18.3 Å². The molecule has 0 aliphatic carbocycles. The molecule has 0 saturated carbocycles. The molecule has 0 bridgehead atoms. The van der Waals surface area contributed by atoms with E-state index in [2.05, 4.69) is 5.32 Å². The molecule has 0 amide bonds. The highest BCUT2D eigenvalue weighted by molar-refractivity contribution is 5.75. The number of carbonyl (C=O) groups excluding carboxylic acids is 1. The van der Waals surface area contributed by atoms with E-state index in [0.29, 0.717) is 31.5 Å². The molecule has 0 spiro atoms. The lowest BCUT2D eigenvalue weighted by Crippen LogP contribution is -2.44. The van der Waals surface area contributed by atoms with Crippen LogP contribution >= 0.6 is 0 Å². The van der Waals surface area contributed by atoms with Gasteiger partial charge in [-0.25, -0.2) is 4.79 Å². The van der Waals surface area contributed by atoms with E-state index in [-0.39, 0.29) is 17.7 Å². The molecular weight excluding hydrogens is 452 g/mol. The molecule has 2 aromatic carbocycles. The van der Waals surface area contributed by atoms with Gasteiger partial charge in [-0.3, -0.25) is 0 Å². The number of nitrogens with one attached hydrogen (secondary N) is 1. The molecule has 1 aliphatic heterocycles. The number of rotatable bonds is 6. The maximum absolute atomic E-state index is 13.2. The van der Waals surface area contributed by atoms with E-state index in [1.54, 1.807) is 0 Å². The van der Waals surface area contributed by atoms with Crippen molar-refractivity contribution in [2.75, 3.05) is 13.7 Å². The van der Waals surface area contributed by atoms with Crippen molar-refractivity contribution < 1.29 is 40.6 Å². The predicted octanol–water partition coefficient (Wildman–Crippen LogP) is 5.52. The van der Waals surface area contributed by atoms with Gasteiger partial charge < -0.3 is 14.8 Å². The second kappa shape index (κ2) is 10.1. The van der Waals surface area contributed by atoms with Gasteiger partial charge in [0.1, 0.15) is 0 Å². The van der Waals surface area contributed by atoms with Gasteiger partial charge in [0.2, 0.25) is 0 Å². The summed E-state index contributed by atoms with van der Waals surface area (Å²) in [6.45, 7) is 0.0668. The number of piperidine rings is 1. The lowest BCUT2D eigenvalue weighted by Gasteiger charge is -2.36. The Kier molecular flexibility index (Phi) is 7.69. The monoisotopic (exact) mass is 475 g/mol. The topological polar surface area (TPSA) is 47.6 Å². The molecule has 1 heterocycles. The van der Waals surface area contributed by atoms with Gasteiger partial charge in [0.15, 0.2) is 6.10 Å². The number of hydrogen-bond acceptors (Lipinski definition) is 4. The molecular formula is C23H23F6NO3. The van der Waals surface area contributed by atoms with Gasteiger partial charge in [-0.05, 0) is 48.7 Å². The summed E-state index contributed by atoms with van der Waals surface area (Å²) in [5.41, 5.74) is -2.33. The van der Waals surface area contributed by atoms with E-state index in [1.165, 1.54) is 0 Å². The maximum atomic E-state index is 13.2. The molecule has 33 heavy (non-hydrogen) atoms. The van der Waals surface area contributed by atoms with Crippen LogP contribution in [-0.4, -0.2) is 25.7 Å². The molecule has 3 atom stereocenters. The lowest BCUT2D eigenvalue weighted by atomic mass is 9.82. The summed E-state index contributed by atoms with van der Waals surface area (Å²) in [6, 6.07) is 10.2.